The maximum Gasteiger partial charge on any atom is 0.259 e. The highest BCUT2D eigenvalue weighted by Gasteiger charge is 2.44. The molecular weight excluding hydrogens is 995 g/mol. The second-order valence-electron chi connectivity index (χ2n) is 19.7. The fraction of sp³-hybridized carbons (Fsp3) is 0.481. The van der Waals surface area contributed by atoms with Crippen molar-refractivity contribution in [3.05, 3.63) is 92.3 Å². The summed E-state index contributed by atoms with van der Waals surface area (Å²) in [5.74, 6) is -0.516. The number of likely N-dealkylation sites (tertiary alicyclic amines) is 1. The van der Waals surface area contributed by atoms with E-state index in [0.717, 1.165) is 43.1 Å². The lowest BCUT2D eigenvalue weighted by Crippen LogP contribution is -2.57. The molecule has 73 heavy (non-hydrogen) atoms. The summed E-state index contributed by atoms with van der Waals surface area (Å²) < 4.78 is 43.0. The Bertz CT molecular complexity index is 3010. The summed E-state index contributed by atoms with van der Waals surface area (Å²) in [5.41, 5.74) is 12.7. The van der Waals surface area contributed by atoms with Gasteiger partial charge in [0, 0.05) is 50.9 Å². The number of sulfone groups is 1. The van der Waals surface area contributed by atoms with Gasteiger partial charge in [0.05, 0.1) is 75.9 Å². The quantitative estimate of drug-likeness (QED) is 0.0440. The molecule has 0 unspecified atom stereocenters. The van der Waals surface area contributed by atoms with E-state index in [9.17, 15) is 37.5 Å². The number of aryl methyl sites for hydroxylation is 4. The highest BCUT2D eigenvalue weighted by molar-refractivity contribution is 7.91. The summed E-state index contributed by atoms with van der Waals surface area (Å²) in [7, 11) is -1.36. The van der Waals surface area contributed by atoms with Crippen LogP contribution in [0, 0.1) is 19.3 Å². The molecule has 0 aliphatic carbocycles. The minimum atomic E-state index is -3.04. The van der Waals surface area contributed by atoms with E-state index in [1.807, 2.05) is 76.5 Å². The number of pyridine rings is 1. The number of nitrogens with one attached hydrogen (secondary N) is 2. The highest BCUT2D eigenvalue weighted by atomic mass is 32.2. The minimum absolute atomic E-state index is 0. The SMILES string of the molecule is Cc1cc(-c2cn(C)c(=O)c3cc(C(N)=NC4CCS(=O)(=O)CC4)sc23)ccc1OCC(=O)NCCOCCOCC(=O)N[C@H](C(=O)N1C[C@H](O)C[C@H]1C(=O)CCc1ccc(-c2scnc2C)cc1)C(C)(C)C.[HH]. The number of carbonyl (C=O) groups is 4. The number of benzene rings is 2. The van der Waals surface area contributed by atoms with E-state index in [2.05, 4.69) is 20.6 Å². The molecule has 2 aromatic carbocycles. The van der Waals surface area contributed by atoms with Crippen LogP contribution in [-0.4, -0.2) is 139 Å². The van der Waals surface area contributed by atoms with E-state index < -0.39 is 45.3 Å². The first-order valence-corrected chi connectivity index (χ1v) is 27.8. The Balaban J connectivity index is 0.00000892. The monoisotopic (exact) mass is 1060 g/mol. The standard InChI is InChI=1S/C52H65N7O11S3.H2/c1-31-23-35(39-27-58(6)50(64)38-25-43(72-47(38)39)49(53)56-36-15-21-73(66,67)22-16-36)12-14-42(31)70-29-44(62)54-17-18-68-19-20-69-28-45(63)57-48(52(3,4)5)51(65)59-26-37(60)24-40(59)41(61)13-9-33-7-10-34(11-8-33)46-32(2)55-30-71-46;/h7-8,10-12,14,23,25,27,30,36-37,40,48,60H,9,13,15-22,24,26,28-29H2,1-6H3,(H2,53,56)(H,54,62)(H,57,63);1H/t37-,40+,48-;/m1./s1. The van der Waals surface area contributed by atoms with Gasteiger partial charge in [0.25, 0.3) is 11.5 Å². The predicted molar refractivity (Wildman–Crippen MR) is 285 cm³/mol. The number of aromatic nitrogens is 2. The van der Waals surface area contributed by atoms with Gasteiger partial charge < -0.3 is 45.2 Å². The minimum Gasteiger partial charge on any atom is -0.484 e. The normalized spacial score (nSPS) is 17.7. The number of aliphatic hydroxyl groups is 1. The average Bonchev–Trinajstić information content (AvgIpc) is 4.10. The van der Waals surface area contributed by atoms with Gasteiger partial charge in [-0.25, -0.2) is 13.4 Å². The van der Waals surface area contributed by atoms with E-state index in [1.54, 1.807) is 36.7 Å². The summed E-state index contributed by atoms with van der Waals surface area (Å²) in [6.45, 7) is 9.31. The number of rotatable bonds is 21. The maximum atomic E-state index is 14.0. The van der Waals surface area contributed by atoms with Crippen molar-refractivity contribution in [1.29, 1.82) is 0 Å². The number of ether oxygens (including phenoxy) is 3. The Morgan fingerprint density at radius 1 is 0.986 bits per heavy atom. The van der Waals surface area contributed by atoms with Crippen LogP contribution >= 0.6 is 22.7 Å². The van der Waals surface area contributed by atoms with Gasteiger partial charge >= 0.3 is 0 Å². The third-order valence-electron chi connectivity index (χ3n) is 12.9. The van der Waals surface area contributed by atoms with Crippen molar-refractivity contribution in [3.8, 4) is 27.3 Å². The number of aliphatic hydroxyl groups excluding tert-OH is 1. The number of carbonyl (C=O) groups excluding carboxylic acids is 4. The fourth-order valence-corrected chi connectivity index (χ4v) is 12.3. The molecule has 5 aromatic rings. The number of β-amino-alcohol motifs (C(OH)–C–C–N with tert-alkyl or cyclic N) is 1. The van der Waals surface area contributed by atoms with Crippen LogP contribution in [0.2, 0.25) is 0 Å². The molecule has 2 fully saturated rings. The van der Waals surface area contributed by atoms with Crippen molar-refractivity contribution in [2.24, 2.45) is 23.2 Å². The molecule has 0 spiro atoms. The van der Waals surface area contributed by atoms with E-state index >= 15 is 0 Å². The number of amides is 3. The predicted octanol–water partition coefficient (Wildman–Crippen LogP) is 4.76. The largest absolute Gasteiger partial charge is 0.484 e. The molecule has 5 heterocycles. The molecule has 21 heteroatoms. The van der Waals surface area contributed by atoms with Crippen LogP contribution in [0.25, 0.3) is 31.7 Å². The number of thiazole rings is 1. The van der Waals surface area contributed by atoms with Gasteiger partial charge in [-0.05, 0) is 79.0 Å². The van der Waals surface area contributed by atoms with Gasteiger partial charge in [0.15, 0.2) is 12.4 Å². The third-order valence-corrected chi connectivity index (χ3v) is 16.8. The maximum absolute atomic E-state index is 14.0. The Hall–Kier alpha value is -5.84. The van der Waals surface area contributed by atoms with Crippen LogP contribution in [0.15, 0.2) is 70.0 Å². The lowest BCUT2D eigenvalue weighted by molar-refractivity contribution is -0.144. The molecule has 3 aromatic heterocycles. The number of aliphatic imine (C=N–C) groups is 1. The van der Waals surface area contributed by atoms with Crippen LogP contribution in [0.5, 0.6) is 5.75 Å². The molecule has 2 aliphatic rings. The van der Waals surface area contributed by atoms with Crippen LogP contribution in [0.4, 0.5) is 0 Å². The van der Waals surface area contributed by atoms with Gasteiger partial charge in [0.2, 0.25) is 11.8 Å². The molecular formula is C52H67N7O11S3. The van der Waals surface area contributed by atoms with Crippen molar-refractivity contribution in [2.45, 2.75) is 91.0 Å². The molecule has 0 bridgehead atoms. The van der Waals surface area contributed by atoms with Crippen molar-refractivity contribution in [1.82, 2.24) is 25.1 Å². The molecule has 394 valence electrons. The third kappa shape index (κ3) is 14.3. The molecule has 5 N–H and O–H groups in total. The summed E-state index contributed by atoms with van der Waals surface area (Å²) in [4.78, 5) is 78.5. The van der Waals surface area contributed by atoms with Crippen LogP contribution in [0.1, 0.15) is 69.6 Å². The lowest BCUT2D eigenvalue weighted by Gasteiger charge is -2.35. The smallest absolute Gasteiger partial charge is 0.259 e. The second kappa shape index (κ2) is 24.0. The first-order chi connectivity index (χ1) is 34.7. The zero-order valence-electron chi connectivity index (χ0n) is 42.1. The number of Topliss-reactive ketones (excluding diaryl/α,β-unsaturated/α-hetero) is 1. The number of fused-ring (bicyclic) bond motifs is 1. The highest BCUT2D eigenvalue weighted by Crippen LogP contribution is 2.36. The molecule has 18 nitrogen and oxygen atoms in total. The van der Waals surface area contributed by atoms with Gasteiger partial charge in [-0.2, -0.15) is 0 Å². The fourth-order valence-electron chi connectivity index (χ4n) is 8.89. The number of hydrogen-bond donors (Lipinski definition) is 4. The van der Waals surface area contributed by atoms with Gasteiger partial charge in [-0.15, -0.1) is 22.7 Å². The van der Waals surface area contributed by atoms with Crippen LogP contribution < -0.4 is 26.7 Å². The zero-order valence-corrected chi connectivity index (χ0v) is 44.6. The van der Waals surface area contributed by atoms with Crippen molar-refractivity contribution in [2.75, 3.05) is 57.6 Å². The van der Waals surface area contributed by atoms with Gasteiger partial charge in [0.1, 0.15) is 34.1 Å². The molecule has 2 saturated heterocycles. The van der Waals surface area contributed by atoms with Crippen LogP contribution in [0.3, 0.4) is 0 Å². The Kier molecular flexibility index (Phi) is 18.1. The number of amidine groups is 1. The summed E-state index contributed by atoms with van der Waals surface area (Å²) in [5, 5.41) is 16.6. The van der Waals surface area contributed by atoms with E-state index in [4.69, 9.17) is 19.9 Å². The topological polar surface area (TPSA) is 251 Å². The summed E-state index contributed by atoms with van der Waals surface area (Å²) in [6.07, 6.45) is 2.54. The summed E-state index contributed by atoms with van der Waals surface area (Å²) >= 11 is 2.93. The summed E-state index contributed by atoms with van der Waals surface area (Å²) in [6, 6.07) is 13.3. The van der Waals surface area contributed by atoms with Crippen molar-refractivity contribution in [3.63, 3.8) is 0 Å². The molecule has 2 aliphatic heterocycles. The van der Waals surface area contributed by atoms with Crippen molar-refractivity contribution < 1.29 is 48.3 Å². The first-order valence-electron chi connectivity index (χ1n) is 24.3. The number of nitrogens with zero attached hydrogens (tertiary/aromatic N) is 4. The number of nitrogens with two attached hydrogens (primary N) is 1. The van der Waals surface area contributed by atoms with Crippen LogP contribution in [-0.2, 0) is 52.0 Å². The van der Waals surface area contributed by atoms with Gasteiger partial charge in [-0.1, -0.05) is 51.1 Å². The van der Waals surface area contributed by atoms with E-state index in [1.165, 1.54) is 20.8 Å². The van der Waals surface area contributed by atoms with E-state index in [0.29, 0.717) is 35.3 Å². The molecule has 0 saturated carbocycles. The second-order valence-corrected chi connectivity index (χ2v) is 23.9. The first kappa shape index (κ1) is 54.9. The zero-order chi connectivity index (χ0) is 52.6. The molecule has 3 atom stereocenters. The Morgan fingerprint density at radius 3 is 2.38 bits per heavy atom. The Labute approximate surface area is 434 Å². The molecule has 0 radical (unpaired) electrons. The number of ketones is 1. The number of thiophene rings is 1. The van der Waals surface area contributed by atoms with Crippen molar-refractivity contribution >= 4 is 71.9 Å². The number of hydrogen-bond acceptors (Lipinski definition) is 15. The molecule has 7 rings (SSSR count). The molecule has 3 amide bonds. The average molecular weight is 1060 g/mol. The lowest BCUT2D eigenvalue weighted by atomic mass is 9.85. The Morgan fingerprint density at radius 2 is 1.70 bits per heavy atom. The van der Waals surface area contributed by atoms with E-state index in [-0.39, 0.29) is 101 Å². The van der Waals surface area contributed by atoms with Gasteiger partial charge in [-0.3, -0.25) is 29.0 Å².